The number of hydrogen-bond donors (Lipinski definition) is 0. The molecule has 1 aromatic carbocycles. The van der Waals surface area contributed by atoms with Crippen molar-refractivity contribution >= 4 is 5.91 Å². The number of carbonyl (C=O) groups is 1. The van der Waals surface area contributed by atoms with Crippen LogP contribution in [0.4, 0.5) is 0 Å². The van der Waals surface area contributed by atoms with Crippen molar-refractivity contribution in [1.29, 1.82) is 0 Å². The summed E-state index contributed by atoms with van der Waals surface area (Å²) in [6.45, 7) is 4.91. The molecule has 0 aliphatic carbocycles. The molecule has 1 aliphatic heterocycles. The van der Waals surface area contributed by atoms with Gasteiger partial charge in [-0.05, 0) is 44.7 Å². The number of likely N-dealkylation sites (tertiary alicyclic amines) is 1. The number of nitrogens with zero attached hydrogens (tertiary/aromatic N) is 4. The molecule has 4 rings (SSSR count). The lowest BCUT2D eigenvalue weighted by Crippen LogP contribution is -2.40. The van der Waals surface area contributed by atoms with Crippen molar-refractivity contribution in [3.8, 4) is 0 Å². The zero-order valence-corrected chi connectivity index (χ0v) is 16.5. The van der Waals surface area contributed by atoms with Gasteiger partial charge in [0.05, 0.1) is 11.9 Å². The molecule has 6 heteroatoms. The van der Waals surface area contributed by atoms with Crippen LogP contribution in [0.3, 0.4) is 0 Å². The van der Waals surface area contributed by atoms with Gasteiger partial charge in [0.15, 0.2) is 0 Å². The van der Waals surface area contributed by atoms with Crippen LogP contribution in [-0.4, -0.2) is 32.1 Å². The molecular formula is C22H26N4O2. The molecule has 1 amide bonds. The molecule has 3 heterocycles. The molecule has 0 bridgehead atoms. The van der Waals surface area contributed by atoms with Crippen molar-refractivity contribution in [3.63, 3.8) is 0 Å². The Bertz CT molecular complexity index is 945. The summed E-state index contributed by atoms with van der Waals surface area (Å²) < 4.78 is 7.84. The van der Waals surface area contributed by atoms with E-state index >= 15 is 0 Å². The van der Waals surface area contributed by atoms with Gasteiger partial charge in [0.1, 0.15) is 18.3 Å². The number of benzene rings is 1. The van der Waals surface area contributed by atoms with Gasteiger partial charge in [-0.2, -0.15) is 5.10 Å². The zero-order chi connectivity index (χ0) is 19.5. The van der Waals surface area contributed by atoms with Crippen LogP contribution in [0.15, 0.2) is 47.0 Å². The van der Waals surface area contributed by atoms with Gasteiger partial charge in [0.2, 0.25) is 11.8 Å². The highest BCUT2D eigenvalue weighted by Crippen LogP contribution is 2.31. The molecule has 1 atom stereocenters. The molecule has 1 aliphatic rings. The van der Waals surface area contributed by atoms with E-state index in [9.17, 15) is 4.79 Å². The third-order valence-corrected chi connectivity index (χ3v) is 5.29. The van der Waals surface area contributed by atoms with Crippen molar-refractivity contribution in [2.45, 2.75) is 52.1 Å². The van der Waals surface area contributed by atoms with Crippen LogP contribution < -0.4 is 0 Å². The van der Waals surface area contributed by atoms with E-state index in [1.165, 1.54) is 5.56 Å². The molecule has 28 heavy (non-hydrogen) atoms. The van der Waals surface area contributed by atoms with Gasteiger partial charge < -0.3 is 9.32 Å². The summed E-state index contributed by atoms with van der Waals surface area (Å²) >= 11 is 0. The Balaban J connectivity index is 1.49. The second-order valence-electron chi connectivity index (χ2n) is 7.51. The maximum Gasteiger partial charge on any atom is 0.244 e. The first-order valence-corrected chi connectivity index (χ1v) is 9.89. The highest BCUT2D eigenvalue weighted by atomic mass is 16.4. The Hall–Kier alpha value is -2.89. The second kappa shape index (κ2) is 8.00. The Kier molecular flexibility index (Phi) is 5.28. The number of aryl methyl sites for hydroxylation is 2. The molecular weight excluding hydrogens is 352 g/mol. The molecule has 1 fully saturated rings. The van der Waals surface area contributed by atoms with E-state index in [1.807, 2.05) is 43.0 Å². The van der Waals surface area contributed by atoms with Gasteiger partial charge in [-0.3, -0.25) is 9.48 Å². The summed E-state index contributed by atoms with van der Waals surface area (Å²) in [5.41, 5.74) is 3.12. The van der Waals surface area contributed by atoms with Crippen molar-refractivity contribution < 1.29 is 9.21 Å². The molecule has 0 spiro atoms. The van der Waals surface area contributed by atoms with Crippen LogP contribution in [0, 0.1) is 13.8 Å². The fourth-order valence-corrected chi connectivity index (χ4v) is 3.90. The van der Waals surface area contributed by atoms with E-state index in [-0.39, 0.29) is 18.5 Å². The van der Waals surface area contributed by atoms with Crippen LogP contribution in [0.2, 0.25) is 0 Å². The van der Waals surface area contributed by atoms with E-state index in [0.29, 0.717) is 12.3 Å². The number of piperidine rings is 1. The minimum absolute atomic E-state index is 0.0682. The molecule has 0 saturated carbocycles. The third kappa shape index (κ3) is 4.01. The monoisotopic (exact) mass is 378 g/mol. The van der Waals surface area contributed by atoms with Gasteiger partial charge >= 0.3 is 0 Å². The minimum Gasteiger partial charge on any atom is -0.443 e. The highest BCUT2D eigenvalue weighted by molar-refractivity contribution is 5.76. The third-order valence-electron chi connectivity index (χ3n) is 5.29. The molecule has 146 valence electrons. The summed E-state index contributed by atoms with van der Waals surface area (Å²) in [5.74, 6) is 1.55. The molecule has 3 aromatic rings. The Morgan fingerprint density at radius 1 is 1.21 bits per heavy atom. The van der Waals surface area contributed by atoms with E-state index in [1.54, 1.807) is 10.9 Å². The van der Waals surface area contributed by atoms with Crippen LogP contribution in [0.5, 0.6) is 0 Å². The molecule has 6 nitrogen and oxygen atoms in total. The van der Waals surface area contributed by atoms with Gasteiger partial charge in [0, 0.05) is 18.7 Å². The van der Waals surface area contributed by atoms with Crippen molar-refractivity contribution in [2.75, 3.05) is 6.54 Å². The number of oxazole rings is 1. The topological polar surface area (TPSA) is 64.2 Å². The quantitative estimate of drug-likeness (QED) is 0.677. The van der Waals surface area contributed by atoms with Gasteiger partial charge in [0.25, 0.3) is 0 Å². The van der Waals surface area contributed by atoms with Gasteiger partial charge in [-0.1, -0.05) is 30.3 Å². The maximum absolute atomic E-state index is 13.0. The normalized spacial score (nSPS) is 17.1. The Morgan fingerprint density at radius 2 is 2.04 bits per heavy atom. The summed E-state index contributed by atoms with van der Waals surface area (Å²) in [6, 6.07) is 12.1. The van der Waals surface area contributed by atoms with E-state index in [0.717, 1.165) is 43.0 Å². The summed E-state index contributed by atoms with van der Waals surface area (Å²) in [5, 5.41) is 4.42. The largest absolute Gasteiger partial charge is 0.443 e. The fraction of sp³-hybridized carbons (Fsp3) is 0.409. The van der Waals surface area contributed by atoms with Crippen LogP contribution in [0.25, 0.3) is 0 Å². The fourth-order valence-electron chi connectivity index (χ4n) is 3.90. The molecule has 0 unspecified atom stereocenters. The molecule has 2 aromatic heterocycles. The van der Waals surface area contributed by atoms with E-state index in [2.05, 4.69) is 22.2 Å². The number of aromatic nitrogens is 3. The summed E-state index contributed by atoms with van der Waals surface area (Å²) in [7, 11) is 0. The van der Waals surface area contributed by atoms with Crippen LogP contribution >= 0.6 is 0 Å². The molecule has 1 saturated heterocycles. The summed E-state index contributed by atoms with van der Waals surface area (Å²) in [4.78, 5) is 19.4. The van der Waals surface area contributed by atoms with Crippen LogP contribution in [-0.2, 0) is 17.8 Å². The average Bonchev–Trinajstić information content (AvgIpc) is 3.28. The first-order chi connectivity index (χ1) is 13.6. The second-order valence-corrected chi connectivity index (χ2v) is 7.51. The van der Waals surface area contributed by atoms with Gasteiger partial charge in [-0.25, -0.2) is 4.98 Å². The first kappa shape index (κ1) is 18.5. The lowest BCUT2D eigenvalue weighted by molar-refractivity contribution is -0.136. The smallest absolute Gasteiger partial charge is 0.244 e. The number of amides is 1. The number of rotatable bonds is 5. The first-order valence-electron chi connectivity index (χ1n) is 9.89. The molecule has 0 N–H and O–H groups in total. The number of hydrogen-bond acceptors (Lipinski definition) is 4. The Morgan fingerprint density at radius 3 is 2.79 bits per heavy atom. The van der Waals surface area contributed by atoms with Crippen molar-refractivity contribution in [1.82, 2.24) is 19.7 Å². The predicted molar refractivity (Wildman–Crippen MR) is 106 cm³/mol. The summed E-state index contributed by atoms with van der Waals surface area (Å²) in [6.07, 6.45) is 5.47. The number of carbonyl (C=O) groups excluding carboxylic acids is 1. The van der Waals surface area contributed by atoms with Gasteiger partial charge in [-0.15, -0.1) is 0 Å². The average molecular weight is 378 g/mol. The highest BCUT2D eigenvalue weighted by Gasteiger charge is 2.31. The van der Waals surface area contributed by atoms with Crippen molar-refractivity contribution in [3.05, 3.63) is 71.2 Å². The van der Waals surface area contributed by atoms with E-state index < -0.39 is 0 Å². The standard InChI is InChI=1S/C22H26N4O2/c1-16-12-17(2)26(24-16)15-21(27)25-11-7-6-10-20(25)22-23-14-19(28-22)13-18-8-4-3-5-9-18/h3-5,8-9,12,14,20H,6-7,10-11,13,15H2,1-2H3/t20-/m0/s1. The minimum atomic E-state index is -0.0947. The predicted octanol–water partition coefficient (Wildman–Crippen LogP) is 3.83. The van der Waals surface area contributed by atoms with E-state index in [4.69, 9.17) is 4.42 Å². The SMILES string of the molecule is Cc1cc(C)n(CC(=O)N2CCCC[C@H]2c2ncc(Cc3ccccc3)o2)n1. The van der Waals surface area contributed by atoms with Crippen LogP contribution in [0.1, 0.15) is 53.9 Å². The lowest BCUT2D eigenvalue weighted by Gasteiger charge is -2.33. The zero-order valence-electron chi connectivity index (χ0n) is 16.5. The van der Waals surface area contributed by atoms with Crippen molar-refractivity contribution in [2.24, 2.45) is 0 Å². The maximum atomic E-state index is 13.0. The lowest BCUT2D eigenvalue weighted by atomic mass is 10.0. The Labute approximate surface area is 165 Å². The molecule has 0 radical (unpaired) electrons.